The number of benzene rings is 3. The summed E-state index contributed by atoms with van der Waals surface area (Å²) in [6, 6.07) is 22.5. The monoisotopic (exact) mass is 400 g/mol. The summed E-state index contributed by atoms with van der Waals surface area (Å²) in [7, 11) is 4.08. The molecule has 30 heavy (non-hydrogen) atoms. The number of hydrogen-bond acceptors (Lipinski definition) is 4. The molecule has 0 bridgehead atoms. The number of ether oxygens (including phenoxy) is 2. The first-order valence-corrected chi connectivity index (χ1v) is 10.4. The summed E-state index contributed by atoms with van der Waals surface area (Å²) in [5, 5.41) is 0. The van der Waals surface area contributed by atoms with Crippen LogP contribution in [0.5, 0.6) is 17.2 Å². The third kappa shape index (κ3) is 4.39. The van der Waals surface area contributed by atoms with E-state index in [4.69, 9.17) is 14.5 Å². The normalized spacial score (nSPS) is 12.7. The van der Waals surface area contributed by atoms with Gasteiger partial charge in [-0.05, 0) is 55.9 Å². The SMILES string of the molecule is CC(C)c1ccc(C2=Nc3ccccc3Oc3ccc(OCCN(C)C)cc32)cc1. The van der Waals surface area contributed by atoms with E-state index in [1.807, 2.05) is 56.6 Å². The van der Waals surface area contributed by atoms with Crippen LogP contribution in [-0.4, -0.2) is 37.9 Å². The fourth-order valence-electron chi connectivity index (χ4n) is 3.40. The van der Waals surface area contributed by atoms with Crippen LogP contribution in [-0.2, 0) is 0 Å². The van der Waals surface area contributed by atoms with Crippen molar-refractivity contribution in [3.8, 4) is 17.2 Å². The molecule has 0 fully saturated rings. The van der Waals surface area contributed by atoms with E-state index >= 15 is 0 Å². The Morgan fingerprint density at radius 2 is 1.70 bits per heavy atom. The van der Waals surface area contributed by atoms with E-state index < -0.39 is 0 Å². The van der Waals surface area contributed by atoms with Gasteiger partial charge in [-0.2, -0.15) is 0 Å². The van der Waals surface area contributed by atoms with Crippen LogP contribution in [0.15, 0.2) is 71.7 Å². The molecule has 1 heterocycles. The van der Waals surface area contributed by atoms with Gasteiger partial charge < -0.3 is 14.4 Å². The number of nitrogens with zero attached hydrogens (tertiary/aromatic N) is 2. The van der Waals surface area contributed by atoms with Gasteiger partial charge in [0.1, 0.15) is 23.8 Å². The molecule has 0 atom stereocenters. The summed E-state index contributed by atoms with van der Waals surface area (Å²) in [6.07, 6.45) is 0. The van der Waals surface area contributed by atoms with Crippen LogP contribution in [0.3, 0.4) is 0 Å². The van der Waals surface area contributed by atoms with Gasteiger partial charge in [0.25, 0.3) is 0 Å². The number of likely N-dealkylation sites (N-methyl/N-ethyl adjacent to an activating group) is 1. The second-order valence-corrected chi connectivity index (χ2v) is 8.12. The molecule has 1 aliphatic heterocycles. The molecule has 0 spiro atoms. The van der Waals surface area contributed by atoms with Gasteiger partial charge in [0.05, 0.1) is 5.71 Å². The molecule has 0 amide bonds. The zero-order valence-electron chi connectivity index (χ0n) is 18.1. The lowest BCUT2D eigenvalue weighted by atomic mass is 9.97. The van der Waals surface area contributed by atoms with E-state index in [1.54, 1.807) is 0 Å². The Morgan fingerprint density at radius 1 is 0.933 bits per heavy atom. The van der Waals surface area contributed by atoms with E-state index in [0.717, 1.165) is 46.3 Å². The summed E-state index contributed by atoms with van der Waals surface area (Å²) < 4.78 is 12.2. The van der Waals surface area contributed by atoms with Crippen molar-refractivity contribution in [2.45, 2.75) is 19.8 Å². The van der Waals surface area contributed by atoms with E-state index in [0.29, 0.717) is 12.5 Å². The predicted octanol–water partition coefficient (Wildman–Crippen LogP) is 6.03. The van der Waals surface area contributed by atoms with E-state index in [2.05, 4.69) is 43.0 Å². The largest absolute Gasteiger partial charge is 0.492 e. The first kappa shape index (κ1) is 20.2. The highest BCUT2D eigenvalue weighted by atomic mass is 16.5. The van der Waals surface area contributed by atoms with Crippen LogP contribution in [0.1, 0.15) is 36.5 Å². The Balaban J connectivity index is 1.77. The average molecular weight is 401 g/mol. The molecule has 0 N–H and O–H groups in total. The van der Waals surface area contributed by atoms with Crippen LogP contribution in [0.25, 0.3) is 0 Å². The molecule has 0 unspecified atom stereocenters. The Morgan fingerprint density at radius 3 is 2.43 bits per heavy atom. The molecule has 0 aliphatic carbocycles. The van der Waals surface area contributed by atoms with E-state index in [1.165, 1.54) is 5.56 Å². The van der Waals surface area contributed by atoms with Crippen molar-refractivity contribution in [3.63, 3.8) is 0 Å². The minimum absolute atomic E-state index is 0.489. The topological polar surface area (TPSA) is 34.1 Å². The summed E-state index contributed by atoms with van der Waals surface area (Å²) >= 11 is 0. The number of rotatable bonds is 6. The van der Waals surface area contributed by atoms with E-state index in [-0.39, 0.29) is 0 Å². The van der Waals surface area contributed by atoms with E-state index in [9.17, 15) is 0 Å². The zero-order valence-corrected chi connectivity index (χ0v) is 18.1. The van der Waals surface area contributed by atoms with Crippen molar-refractivity contribution >= 4 is 11.4 Å². The van der Waals surface area contributed by atoms with Crippen LogP contribution in [0.2, 0.25) is 0 Å². The second kappa shape index (κ2) is 8.72. The first-order chi connectivity index (χ1) is 14.5. The lowest BCUT2D eigenvalue weighted by molar-refractivity contribution is 0.261. The second-order valence-electron chi connectivity index (χ2n) is 8.12. The fourth-order valence-corrected chi connectivity index (χ4v) is 3.40. The van der Waals surface area contributed by atoms with Crippen LogP contribution in [0, 0.1) is 0 Å². The van der Waals surface area contributed by atoms with Gasteiger partial charge in [0.2, 0.25) is 0 Å². The number of fused-ring (bicyclic) bond motifs is 2. The number of aliphatic imine (C=N–C) groups is 1. The van der Waals surface area contributed by atoms with Gasteiger partial charge in [0, 0.05) is 17.7 Å². The molecule has 4 rings (SSSR count). The van der Waals surface area contributed by atoms with Crippen molar-refractivity contribution in [3.05, 3.63) is 83.4 Å². The molecule has 3 aromatic rings. The summed E-state index contributed by atoms with van der Waals surface area (Å²) in [4.78, 5) is 7.11. The highest BCUT2D eigenvalue weighted by Crippen LogP contribution is 2.39. The Kier molecular flexibility index (Phi) is 5.86. The molecule has 0 saturated carbocycles. The summed E-state index contributed by atoms with van der Waals surface area (Å²) in [5.41, 5.74) is 5.03. The van der Waals surface area contributed by atoms with Crippen LogP contribution >= 0.6 is 0 Å². The van der Waals surface area contributed by atoms with Gasteiger partial charge in [-0.15, -0.1) is 0 Å². The van der Waals surface area contributed by atoms with Gasteiger partial charge >= 0.3 is 0 Å². The van der Waals surface area contributed by atoms with Crippen molar-refractivity contribution in [2.75, 3.05) is 27.2 Å². The third-order valence-electron chi connectivity index (χ3n) is 5.18. The molecular weight excluding hydrogens is 372 g/mol. The average Bonchev–Trinajstić information content (AvgIpc) is 2.90. The Labute approximate surface area is 178 Å². The van der Waals surface area contributed by atoms with Gasteiger partial charge in [-0.1, -0.05) is 50.2 Å². The summed E-state index contributed by atoms with van der Waals surface area (Å²) in [6.45, 7) is 5.89. The molecule has 0 aromatic heterocycles. The van der Waals surface area contributed by atoms with Crippen LogP contribution in [0.4, 0.5) is 5.69 Å². The Bertz CT molecular complexity index is 1050. The van der Waals surface area contributed by atoms with Crippen molar-refractivity contribution in [2.24, 2.45) is 4.99 Å². The van der Waals surface area contributed by atoms with Gasteiger partial charge in [-0.25, -0.2) is 4.99 Å². The zero-order chi connectivity index (χ0) is 21.1. The van der Waals surface area contributed by atoms with Crippen LogP contribution < -0.4 is 9.47 Å². The lowest BCUT2D eigenvalue weighted by Crippen LogP contribution is -2.19. The molecule has 4 heteroatoms. The first-order valence-electron chi connectivity index (χ1n) is 10.4. The predicted molar refractivity (Wildman–Crippen MR) is 123 cm³/mol. The molecular formula is C26H28N2O2. The third-order valence-corrected chi connectivity index (χ3v) is 5.18. The maximum absolute atomic E-state index is 6.24. The minimum Gasteiger partial charge on any atom is -0.492 e. The summed E-state index contributed by atoms with van der Waals surface area (Å²) in [5.74, 6) is 2.85. The molecule has 4 nitrogen and oxygen atoms in total. The standard InChI is InChI=1S/C26H28N2O2/c1-18(2)19-9-11-20(12-10-19)26-22-17-21(29-16-15-28(3)4)13-14-24(22)30-25-8-6-5-7-23(25)27-26/h5-14,17-18H,15-16H2,1-4H3. The van der Waals surface area contributed by atoms with Crippen molar-refractivity contribution in [1.29, 1.82) is 0 Å². The highest BCUT2D eigenvalue weighted by molar-refractivity contribution is 6.16. The molecule has 3 aromatic carbocycles. The number of hydrogen-bond donors (Lipinski definition) is 0. The van der Waals surface area contributed by atoms with Crippen molar-refractivity contribution < 1.29 is 9.47 Å². The fraction of sp³-hybridized carbons (Fsp3) is 0.269. The smallest absolute Gasteiger partial charge is 0.153 e. The van der Waals surface area contributed by atoms with Gasteiger partial charge in [0.15, 0.2) is 5.75 Å². The molecule has 154 valence electrons. The lowest BCUT2D eigenvalue weighted by Gasteiger charge is -2.15. The maximum Gasteiger partial charge on any atom is 0.153 e. The number of para-hydroxylation sites is 2. The molecule has 0 radical (unpaired) electrons. The molecule has 0 saturated heterocycles. The van der Waals surface area contributed by atoms with Gasteiger partial charge in [-0.3, -0.25) is 0 Å². The maximum atomic E-state index is 6.24. The quantitative estimate of drug-likeness (QED) is 0.396. The van der Waals surface area contributed by atoms with Crippen molar-refractivity contribution in [1.82, 2.24) is 4.90 Å². The minimum atomic E-state index is 0.489. The Hall–Kier alpha value is -3.11. The molecule has 1 aliphatic rings. The highest BCUT2D eigenvalue weighted by Gasteiger charge is 2.20.